The number of hydrogen-bond donors (Lipinski definition) is 0. The van der Waals surface area contributed by atoms with Crippen LogP contribution in [0, 0.1) is 5.92 Å². The van der Waals surface area contributed by atoms with Crippen molar-refractivity contribution in [3.8, 4) is 0 Å². The highest BCUT2D eigenvalue weighted by Crippen LogP contribution is 2.33. The zero-order valence-electron chi connectivity index (χ0n) is 11.5. The number of benzene rings is 1. The maximum absolute atomic E-state index is 5.97. The van der Waals surface area contributed by atoms with Gasteiger partial charge in [-0.15, -0.1) is 0 Å². The molecule has 0 unspecified atom stereocenters. The van der Waals surface area contributed by atoms with Gasteiger partial charge in [0.1, 0.15) is 0 Å². The van der Waals surface area contributed by atoms with E-state index in [1.54, 1.807) is 0 Å². The van der Waals surface area contributed by atoms with Crippen molar-refractivity contribution in [1.29, 1.82) is 0 Å². The lowest BCUT2D eigenvalue weighted by Crippen LogP contribution is -2.45. The maximum Gasteiger partial charge on any atom is 0.0952 e. The number of halogens is 1. The Hall–Kier alpha value is -0.380. The average Bonchev–Trinajstić information content (AvgIpc) is 2.86. The smallest absolute Gasteiger partial charge is 0.0952 e. The van der Waals surface area contributed by atoms with E-state index in [0.29, 0.717) is 0 Å². The Kier molecular flexibility index (Phi) is 4.25. The van der Waals surface area contributed by atoms with Crippen LogP contribution >= 0.6 is 15.9 Å². The molecular weight excluding hydrogens is 302 g/mol. The summed E-state index contributed by atoms with van der Waals surface area (Å²) in [6.45, 7) is 5.42. The molecule has 104 valence electrons. The first-order valence-electron chi connectivity index (χ1n) is 7.35. The van der Waals surface area contributed by atoms with Gasteiger partial charge >= 0.3 is 0 Å². The first kappa shape index (κ1) is 13.6. The fraction of sp³-hybridized carbons (Fsp3) is 0.625. The molecule has 3 atom stereocenters. The molecular formula is C16H22BrNO. The van der Waals surface area contributed by atoms with Crippen LogP contribution < -0.4 is 0 Å². The summed E-state index contributed by atoms with van der Waals surface area (Å²) in [5.41, 5.74) is 1.30. The van der Waals surface area contributed by atoms with E-state index < -0.39 is 0 Å². The zero-order valence-corrected chi connectivity index (χ0v) is 13.1. The van der Waals surface area contributed by atoms with Crippen molar-refractivity contribution in [1.82, 2.24) is 4.90 Å². The summed E-state index contributed by atoms with van der Waals surface area (Å²) in [7, 11) is 0. The summed E-state index contributed by atoms with van der Waals surface area (Å²) < 4.78 is 7.10. The van der Waals surface area contributed by atoms with E-state index in [1.165, 1.54) is 24.8 Å². The van der Waals surface area contributed by atoms with Gasteiger partial charge in [-0.05, 0) is 36.5 Å². The van der Waals surface area contributed by atoms with Crippen LogP contribution in [0.25, 0.3) is 0 Å². The summed E-state index contributed by atoms with van der Waals surface area (Å²) in [4.78, 5) is 2.66. The third-order valence-electron chi connectivity index (χ3n) is 4.62. The molecule has 1 aliphatic heterocycles. The Morgan fingerprint density at radius 2 is 2.00 bits per heavy atom. The Bertz CT molecular complexity index is 419. The molecule has 1 aromatic carbocycles. The molecule has 1 aromatic rings. The van der Waals surface area contributed by atoms with E-state index in [4.69, 9.17) is 4.74 Å². The fourth-order valence-corrected chi connectivity index (χ4v) is 3.78. The van der Waals surface area contributed by atoms with Crippen molar-refractivity contribution in [3.63, 3.8) is 0 Å². The number of morpholine rings is 1. The molecule has 0 bridgehead atoms. The van der Waals surface area contributed by atoms with Gasteiger partial charge < -0.3 is 4.74 Å². The van der Waals surface area contributed by atoms with Crippen LogP contribution in [-0.2, 0) is 4.74 Å². The zero-order chi connectivity index (χ0) is 13.2. The molecule has 1 aliphatic carbocycles. The van der Waals surface area contributed by atoms with Gasteiger partial charge in [-0.2, -0.15) is 0 Å². The number of ether oxygens (including phenoxy) is 1. The number of nitrogens with zero attached hydrogens (tertiary/aromatic N) is 1. The van der Waals surface area contributed by atoms with Crippen LogP contribution in [0.1, 0.15) is 37.9 Å². The maximum atomic E-state index is 5.97. The molecule has 0 radical (unpaired) electrons. The van der Waals surface area contributed by atoms with Crippen LogP contribution in [0.15, 0.2) is 28.7 Å². The van der Waals surface area contributed by atoms with E-state index in [9.17, 15) is 0 Å². The minimum atomic E-state index is 0.245. The van der Waals surface area contributed by atoms with Gasteiger partial charge in [0.25, 0.3) is 0 Å². The van der Waals surface area contributed by atoms with Gasteiger partial charge in [0.2, 0.25) is 0 Å². The Labute approximate surface area is 124 Å². The second kappa shape index (κ2) is 5.94. The normalized spacial score (nSPS) is 32.6. The van der Waals surface area contributed by atoms with Gasteiger partial charge in [0, 0.05) is 23.6 Å². The van der Waals surface area contributed by atoms with Crippen molar-refractivity contribution in [2.45, 2.75) is 38.3 Å². The van der Waals surface area contributed by atoms with Crippen LogP contribution in [-0.4, -0.2) is 30.6 Å². The highest BCUT2D eigenvalue weighted by atomic mass is 79.9. The Balaban J connectivity index is 1.69. The molecule has 1 saturated heterocycles. The van der Waals surface area contributed by atoms with Crippen molar-refractivity contribution >= 4 is 15.9 Å². The van der Waals surface area contributed by atoms with E-state index in [1.807, 2.05) is 0 Å². The van der Waals surface area contributed by atoms with Gasteiger partial charge in [-0.3, -0.25) is 4.90 Å². The van der Waals surface area contributed by atoms with Crippen LogP contribution in [0.5, 0.6) is 0 Å². The van der Waals surface area contributed by atoms with Crippen molar-refractivity contribution in [3.05, 3.63) is 34.3 Å². The highest BCUT2D eigenvalue weighted by Gasteiger charge is 2.32. The summed E-state index contributed by atoms with van der Waals surface area (Å²) in [6.07, 6.45) is 4.40. The highest BCUT2D eigenvalue weighted by molar-refractivity contribution is 9.10. The SMILES string of the molecule is C[C@@H]1CCC[C@H]1N1CCO[C@@H](c2ccc(Br)cc2)C1. The topological polar surface area (TPSA) is 12.5 Å². The van der Waals surface area contributed by atoms with Crippen LogP contribution in [0.4, 0.5) is 0 Å². The molecule has 2 aliphatic rings. The Morgan fingerprint density at radius 3 is 2.68 bits per heavy atom. The van der Waals surface area contributed by atoms with E-state index in [0.717, 1.165) is 36.1 Å². The van der Waals surface area contributed by atoms with E-state index in [2.05, 4.69) is 52.0 Å². The van der Waals surface area contributed by atoms with Crippen LogP contribution in [0.2, 0.25) is 0 Å². The molecule has 0 amide bonds. The molecule has 0 spiro atoms. The molecule has 19 heavy (non-hydrogen) atoms. The second-order valence-corrected chi connectivity index (χ2v) is 6.80. The van der Waals surface area contributed by atoms with E-state index in [-0.39, 0.29) is 6.10 Å². The average molecular weight is 324 g/mol. The predicted octanol–water partition coefficient (Wildman–Crippen LogP) is 4.01. The molecule has 2 fully saturated rings. The predicted molar refractivity (Wildman–Crippen MR) is 81.2 cm³/mol. The lowest BCUT2D eigenvalue weighted by atomic mass is 10.0. The first-order valence-corrected chi connectivity index (χ1v) is 8.14. The van der Waals surface area contributed by atoms with Crippen molar-refractivity contribution in [2.24, 2.45) is 5.92 Å². The fourth-order valence-electron chi connectivity index (χ4n) is 3.52. The Morgan fingerprint density at radius 1 is 1.21 bits per heavy atom. The number of hydrogen-bond acceptors (Lipinski definition) is 2. The first-order chi connectivity index (χ1) is 9.24. The third kappa shape index (κ3) is 3.04. The lowest BCUT2D eigenvalue weighted by Gasteiger charge is -2.38. The standard InChI is InChI=1S/C16H22BrNO/c1-12-3-2-4-15(12)18-9-10-19-16(11-18)13-5-7-14(17)8-6-13/h5-8,12,15-16H,2-4,9-11H2,1H3/t12-,15-,16-/m1/s1. The summed E-state index contributed by atoms with van der Waals surface area (Å²) in [5, 5.41) is 0. The molecule has 1 saturated carbocycles. The lowest BCUT2D eigenvalue weighted by molar-refractivity contribution is -0.0493. The van der Waals surface area contributed by atoms with Gasteiger partial charge in [-0.1, -0.05) is 41.4 Å². The van der Waals surface area contributed by atoms with E-state index >= 15 is 0 Å². The number of rotatable bonds is 2. The third-order valence-corrected chi connectivity index (χ3v) is 5.15. The van der Waals surface area contributed by atoms with Gasteiger partial charge in [0.05, 0.1) is 12.7 Å². The minimum Gasteiger partial charge on any atom is -0.371 e. The molecule has 0 aromatic heterocycles. The van der Waals surface area contributed by atoms with Gasteiger partial charge in [0.15, 0.2) is 0 Å². The summed E-state index contributed by atoms with van der Waals surface area (Å²) in [6, 6.07) is 9.35. The minimum absolute atomic E-state index is 0.245. The summed E-state index contributed by atoms with van der Waals surface area (Å²) >= 11 is 3.49. The molecule has 1 heterocycles. The monoisotopic (exact) mass is 323 g/mol. The molecule has 2 nitrogen and oxygen atoms in total. The molecule has 3 heteroatoms. The van der Waals surface area contributed by atoms with Crippen molar-refractivity contribution in [2.75, 3.05) is 19.7 Å². The molecule has 3 rings (SSSR count). The van der Waals surface area contributed by atoms with Crippen LogP contribution in [0.3, 0.4) is 0 Å². The largest absolute Gasteiger partial charge is 0.371 e. The molecule has 0 N–H and O–H groups in total. The summed E-state index contributed by atoms with van der Waals surface area (Å²) in [5.74, 6) is 0.851. The quantitative estimate of drug-likeness (QED) is 0.815. The van der Waals surface area contributed by atoms with Crippen molar-refractivity contribution < 1.29 is 4.74 Å². The second-order valence-electron chi connectivity index (χ2n) is 5.88. The van der Waals surface area contributed by atoms with Gasteiger partial charge in [-0.25, -0.2) is 0 Å².